The number of likely N-dealkylation sites (tertiary alicyclic amines) is 1. The lowest BCUT2D eigenvalue weighted by molar-refractivity contribution is -0.130. The zero-order valence-electron chi connectivity index (χ0n) is 19.4. The van der Waals surface area contributed by atoms with E-state index in [1.165, 1.54) is 11.1 Å². The number of fused-ring (bicyclic) bond motifs is 1. The molecule has 0 N–H and O–H groups in total. The Morgan fingerprint density at radius 1 is 1.09 bits per heavy atom. The summed E-state index contributed by atoms with van der Waals surface area (Å²) >= 11 is 0. The third kappa shape index (κ3) is 4.01. The number of imidazole rings is 1. The maximum Gasteiger partial charge on any atom is 0.250 e. The van der Waals surface area contributed by atoms with E-state index in [0.717, 1.165) is 66.2 Å². The van der Waals surface area contributed by atoms with Crippen LogP contribution in [0, 0.1) is 6.92 Å². The Hall–Kier alpha value is -3.54. The highest BCUT2D eigenvalue weighted by Gasteiger charge is 2.34. The highest BCUT2D eigenvalue weighted by molar-refractivity contribution is 5.99. The number of aryl methyl sites for hydroxylation is 1. The van der Waals surface area contributed by atoms with Crippen molar-refractivity contribution in [2.24, 2.45) is 0 Å². The van der Waals surface area contributed by atoms with Crippen LogP contribution in [0.1, 0.15) is 35.2 Å². The molecule has 1 saturated heterocycles. The van der Waals surface area contributed by atoms with Crippen LogP contribution in [0.2, 0.25) is 0 Å². The summed E-state index contributed by atoms with van der Waals surface area (Å²) in [5.41, 5.74) is 6.23. The number of aromatic nitrogens is 2. The minimum atomic E-state index is 0.145. The number of methoxy groups -OCH3 is 2. The molecule has 1 aromatic heterocycles. The lowest BCUT2D eigenvalue weighted by Crippen LogP contribution is -2.44. The summed E-state index contributed by atoms with van der Waals surface area (Å²) in [6.07, 6.45) is 9.27. The monoisotopic (exact) mass is 443 g/mol. The maximum atomic E-state index is 13.5. The number of piperidine rings is 1. The van der Waals surface area contributed by atoms with Crippen LogP contribution >= 0.6 is 0 Å². The lowest BCUT2D eigenvalue weighted by atomic mass is 9.98. The summed E-state index contributed by atoms with van der Waals surface area (Å²) in [6, 6.07) is 12.4. The number of benzene rings is 2. The van der Waals surface area contributed by atoms with Crippen LogP contribution < -0.4 is 9.47 Å². The van der Waals surface area contributed by atoms with Gasteiger partial charge in [0.2, 0.25) is 5.91 Å². The summed E-state index contributed by atoms with van der Waals surface area (Å²) in [4.78, 5) is 19.8. The van der Waals surface area contributed by atoms with Crippen molar-refractivity contribution in [3.63, 3.8) is 0 Å². The molecule has 3 aromatic rings. The average Bonchev–Trinajstić information content (AvgIpc) is 3.46. The van der Waals surface area contributed by atoms with Gasteiger partial charge in [-0.1, -0.05) is 18.2 Å². The standard InChI is InChI=1S/C27H29N3O3/c1-18-16-29(17-28-18)24-10-9-19(13-26(24)33-3)12-21-7-5-11-30(27(21)31)22-14-20-6-4-8-25(32-2)23(20)15-22/h4,6,8-10,12-13,16-17,22H,5,7,11,14-15H2,1-3H3/b21-12+/t22-/m0/s1. The molecule has 0 radical (unpaired) electrons. The van der Waals surface area contributed by atoms with Gasteiger partial charge in [0, 0.05) is 24.4 Å². The number of carbonyl (C=O) groups excluding carboxylic acids is 1. The first-order chi connectivity index (χ1) is 16.1. The summed E-state index contributed by atoms with van der Waals surface area (Å²) in [5, 5.41) is 0. The predicted molar refractivity (Wildman–Crippen MR) is 128 cm³/mol. The Balaban J connectivity index is 1.38. The molecular formula is C27H29N3O3. The summed E-state index contributed by atoms with van der Waals surface area (Å²) in [5.74, 6) is 1.82. The number of hydrogen-bond acceptors (Lipinski definition) is 4. The van der Waals surface area contributed by atoms with Gasteiger partial charge < -0.3 is 18.9 Å². The van der Waals surface area contributed by atoms with E-state index in [0.29, 0.717) is 0 Å². The SMILES string of the molecule is COc1cc(/C=C2\CCCN([C@H]3Cc4cccc(OC)c4C3)C2=O)ccc1-n1cnc(C)c1. The molecular weight excluding hydrogens is 414 g/mol. The van der Waals surface area contributed by atoms with E-state index < -0.39 is 0 Å². The number of hydrogen-bond donors (Lipinski definition) is 0. The first-order valence-corrected chi connectivity index (χ1v) is 11.4. The largest absolute Gasteiger partial charge is 0.496 e. The normalized spacial score (nSPS) is 19.1. The first kappa shape index (κ1) is 21.3. The number of amides is 1. The van der Waals surface area contributed by atoms with E-state index in [-0.39, 0.29) is 11.9 Å². The van der Waals surface area contributed by atoms with Crippen LogP contribution in [0.15, 0.2) is 54.5 Å². The van der Waals surface area contributed by atoms with Crippen molar-refractivity contribution in [3.8, 4) is 17.2 Å². The fourth-order valence-corrected chi connectivity index (χ4v) is 5.07. The molecule has 0 saturated carbocycles. The molecule has 0 bridgehead atoms. The lowest BCUT2D eigenvalue weighted by Gasteiger charge is -2.33. The third-order valence-corrected chi connectivity index (χ3v) is 6.70. The summed E-state index contributed by atoms with van der Waals surface area (Å²) < 4.78 is 13.1. The second-order valence-electron chi connectivity index (χ2n) is 8.79. The van der Waals surface area contributed by atoms with E-state index in [4.69, 9.17) is 9.47 Å². The van der Waals surface area contributed by atoms with E-state index in [2.05, 4.69) is 16.0 Å². The van der Waals surface area contributed by atoms with E-state index >= 15 is 0 Å². The molecule has 2 heterocycles. The average molecular weight is 444 g/mol. The Morgan fingerprint density at radius 3 is 2.70 bits per heavy atom. The van der Waals surface area contributed by atoms with Gasteiger partial charge in [-0.3, -0.25) is 4.79 Å². The van der Waals surface area contributed by atoms with Gasteiger partial charge in [-0.25, -0.2) is 4.98 Å². The molecule has 2 aromatic carbocycles. The summed E-state index contributed by atoms with van der Waals surface area (Å²) in [7, 11) is 3.38. The van der Waals surface area contributed by atoms with Crippen LogP contribution in [0.3, 0.4) is 0 Å². The molecule has 1 amide bonds. The van der Waals surface area contributed by atoms with E-state index in [1.54, 1.807) is 20.5 Å². The van der Waals surface area contributed by atoms with Crippen molar-refractivity contribution < 1.29 is 14.3 Å². The van der Waals surface area contributed by atoms with Gasteiger partial charge in [0.15, 0.2) is 0 Å². The molecule has 170 valence electrons. The topological polar surface area (TPSA) is 56.6 Å². The number of ether oxygens (including phenoxy) is 2. The second kappa shape index (κ2) is 8.77. The fraction of sp³-hybridized carbons (Fsp3) is 0.333. The number of rotatable bonds is 5. The molecule has 0 unspecified atom stereocenters. The molecule has 1 atom stereocenters. The second-order valence-corrected chi connectivity index (χ2v) is 8.79. The van der Waals surface area contributed by atoms with Gasteiger partial charge in [0.05, 0.1) is 31.9 Å². The van der Waals surface area contributed by atoms with Crippen molar-refractivity contribution in [1.82, 2.24) is 14.5 Å². The van der Waals surface area contributed by atoms with Crippen molar-refractivity contribution in [3.05, 3.63) is 76.9 Å². The van der Waals surface area contributed by atoms with Crippen LogP contribution in [-0.2, 0) is 17.6 Å². The molecule has 0 spiro atoms. The summed E-state index contributed by atoms with van der Waals surface area (Å²) in [6.45, 7) is 2.76. The van der Waals surface area contributed by atoms with Crippen LogP contribution in [0.5, 0.6) is 11.5 Å². The first-order valence-electron chi connectivity index (χ1n) is 11.4. The maximum absolute atomic E-state index is 13.5. The minimum Gasteiger partial charge on any atom is -0.496 e. The molecule has 1 fully saturated rings. The predicted octanol–water partition coefficient (Wildman–Crippen LogP) is 4.37. The van der Waals surface area contributed by atoms with E-state index in [1.807, 2.05) is 54.1 Å². The van der Waals surface area contributed by atoms with Gasteiger partial charge in [0.1, 0.15) is 11.5 Å². The minimum absolute atomic E-state index is 0.145. The molecule has 2 aliphatic rings. The smallest absolute Gasteiger partial charge is 0.250 e. The van der Waals surface area contributed by atoms with E-state index in [9.17, 15) is 4.79 Å². The van der Waals surface area contributed by atoms with Gasteiger partial charge in [-0.2, -0.15) is 0 Å². The Bertz CT molecular complexity index is 1230. The molecule has 6 nitrogen and oxygen atoms in total. The highest BCUT2D eigenvalue weighted by Crippen LogP contribution is 2.35. The zero-order valence-corrected chi connectivity index (χ0v) is 19.4. The van der Waals surface area contributed by atoms with Crippen molar-refractivity contribution in [2.75, 3.05) is 20.8 Å². The van der Waals surface area contributed by atoms with Crippen LogP contribution in [0.25, 0.3) is 11.8 Å². The Kier molecular flexibility index (Phi) is 5.67. The van der Waals surface area contributed by atoms with Crippen molar-refractivity contribution in [2.45, 2.75) is 38.6 Å². The van der Waals surface area contributed by atoms with Crippen LogP contribution in [-0.4, -0.2) is 47.2 Å². The Morgan fingerprint density at radius 2 is 1.94 bits per heavy atom. The van der Waals surface area contributed by atoms with Gasteiger partial charge in [-0.15, -0.1) is 0 Å². The highest BCUT2D eigenvalue weighted by atomic mass is 16.5. The quantitative estimate of drug-likeness (QED) is 0.550. The van der Waals surface area contributed by atoms with Crippen molar-refractivity contribution >= 4 is 12.0 Å². The number of carbonyl (C=O) groups is 1. The Labute approximate surface area is 194 Å². The molecule has 1 aliphatic heterocycles. The molecule has 1 aliphatic carbocycles. The third-order valence-electron chi connectivity index (χ3n) is 6.70. The molecule has 5 rings (SSSR count). The van der Waals surface area contributed by atoms with Crippen molar-refractivity contribution in [1.29, 1.82) is 0 Å². The van der Waals surface area contributed by atoms with Gasteiger partial charge >= 0.3 is 0 Å². The fourth-order valence-electron chi connectivity index (χ4n) is 5.07. The zero-order chi connectivity index (χ0) is 22.9. The van der Waals surface area contributed by atoms with Crippen LogP contribution in [0.4, 0.5) is 0 Å². The number of nitrogens with zero attached hydrogens (tertiary/aromatic N) is 3. The van der Waals surface area contributed by atoms with Gasteiger partial charge in [-0.05, 0) is 73.6 Å². The molecule has 33 heavy (non-hydrogen) atoms. The molecule has 6 heteroatoms. The van der Waals surface area contributed by atoms with Gasteiger partial charge in [0.25, 0.3) is 0 Å².